The summed E-state index contributed by atoms with van der Waals surface area (Å²) in [5.41, 5.74) is 5.90. The second-order valence-electron chi connectivity index (χ2n) is 5.78. The molecule has 1 rings (SSSR count). The number of hydrogen-bond acceptors (Lipinski definition) is 2. The molecule has 1 unspecified atom stereocenters. The summed E-state index contributed by atoms with van der Waals surface area (Å²) in [5.74, 6) is 1.82. The molecule has 0 aromatic rings. The molecule has 1 amide bonds. The molecule has 1 saturated carbocycles. The molecule has 0 aliphatic heterocycles. The Morgan fingerprint density at radius 2 is 1.94 bits per heavy atom. The second-order valence-corrected chi connectivity index (χ2v) is 5.78. The fourth-order valence-corrected chi connectivity index (χ4v) is 2.41. The summed E-state index contributed by atoms with van der Waals surface area (Å²) in [7, 11) is 0. The zero-order chi connectivity index (χ0) is 12.8. The van der Waals surface area contributed by atoms with E-state index in [0.717, 1.165) is 18.9 Å². The predicted molar refractivity (Wildman–Crippen MR) is 71.6 cm³/mol. The molecule has 3 nitrogen and oxygen atoms in total. The molecule has 3 heteroatoms. The predicted octanol–water partition coefficient (Wildman–Crippen LogP) is 2.30. The van der Waals surface area contributed by atoms with Gasteiger partial charge >= 0.3 is 0 Å². The SMILES string of the molecule is CCC(C)[C@@H](N)C(=O)NCC1CCC(C)CC1. The van der Waals surface area contributed by atoms with Gasteiger partial charge in [-0.05, 0) is 30.6 Å². The third-order valence-corrected chi connectivity index (χ3v) is 4.26. The van der Waals surface area contributed by atoms with Crippen LogP contribution in [-0.2, 0) is 4.79 Å². The third-order valence-electron chi connectivity index (χ3n) is 4.26. The van der Waals surface area contributed by atoms with E-state index in [1.807, 2.05) is 6.92 Å². The molecule has 0 bridgehead atoms. The Kier molecular flexibility index (Phi) is 5.96. The standard InChI is InChI=1S/C14H28N2O/c1-4-11(3)13(15)14(17)16-9-12-7-5-10(2)6-8-12/h10-13H,4-9,15H2,1-3H3,(H,16,17)/t10?,11?,12?,13-/m1/s1. The van der Waals surface area contributed by atoms with Gasteiger partial charge in [-0.25, -0.2) is 0 Å². The van der Waals surface area contributed by atoms with Gasteiger partial charge in [0, 0.05) is 6.54 Å². The summed E-state index contributed by atoms with van der Waals surface area (Å²) >= 11 is 0. The van der Waals surface area contributed by atoms with Crippen molar-refractivity contribution in [1.29, 1.82) is 0 Å². The zero-order valence-corrected chi connectivity index (χ0v) is 11.5. The molecule has 0 heterocycles. The Hall–Kier alpha value is -0.570. The van der Waals surface area contributed by atoms with Crippen LogP contribution in [0.25, 0.3) is 0 Å². The quantitative estimate of drug-likeness (QED) is 0.774. The van der Waals surface area contributed by atoms with Crippen molar-refractivity contribution < 1.29 is 4.79 Å². The van der Waals surface area contributed by atoms with E-state index in [1.54, 1.807) is 0 Å². The number of carbonyl (C=O) groups excluding carboxylic acids is 1. The molecular formula is C14H28N2O. The van der Waals surface area contributed by atoms with E-state index in [2.05, 4.69) is 19.2 Å². The molecule has 0 aromatic heterocycles. The highest BCUT2D eigenvalue weighted by atomic mass is 16.2. The van der Waals surface area contributed by atoms with Gasteiger partial charge in [-0.2, -0.15) is 0 Å². The molecule has 1 aliphatic rings. The first-order valence-electron chi connectivity index (χ1n) is 7.07. The van der Waals surface area contributed by atoms with Crippen molar-refractivity contribution in [3.05, 3.63) is 0 Å². The summed E-state index contributed by atoms with van der Waals surface area (Å²) in [6.07, 6.45) is 6.06. The van der Waals surface area contributed by atoms with Crippen LogP contribution >= 0.6 is 0 Å². The highest BCUT2D eigenvalue weighted by Gasteiger charge is 2.22. The van der Waals surface area contributed by atoms with Gasteiger partial charge in [0.1, 0.15) is 0 Å². The largest absolute Gasteiger partial charge is 0.354 e. The molecule has 3 N–H and O–H groups in total. The van der Waals surface area contributed by atoms with Crippen LogP contribution in [0.15, 0.2) is 0 Å². The molecular weight excluding hydrogens is 212 g/mol. The lowest BCUT2D eigenvalue weighted by Gasteiger charge is -2.27. The van der Waals surface area contributed by atoms with E-state index in [1.165, 1.54) is 25.7 Å². The van der Waals surface area contributed by atoms with E-state index in [-0.39, 0.29) is 17.9 Å². The van der Waals surface area contributed by atoms with Gasteiger partial charge in [0.2, 0.25) is 5.91 Å². The van der Waals surface area contributed by atoms with Crippen molar-refractivity contribution in [2.75, 3.05) is 6.54 Å². The summed E-state index contributed by atoms with van der Waals surface area (Å²) in [6.45, 7) is 7.23. The molecule has 100 valence electrons. The van der Waals surface area contributed by atoms with Gasteiger partial charge < -0.3 is 11.1 Å². The minimum atomic E-state index is -0.345. The van der Waals surface area contributed by atoms with Gasteiger partial charge in [-0.15, -0.1) is 0 Å². The third kappa shape index (κ3) is 4.66. The van der Waals surface area contributed by atoms with Crippen molar-refractivity contribution in [3.8, 4) is 0 Å². The van der Waals surface area contributed by atoms with Gasteiger partial charge in [-0.3, -0.25) is 4.79 Å². The van der Waals surface area contributed by atoms with Gasteiger partial charge in [0.25, 0.3) is 0 Å². The fourth-order valence-electron chi connectivity index (χ4n) is 2.41. The molecule has 0 spiro atoms. The number of amides is 1. The summed E-state index contributed by atoms with van der Waals surface area (Å²) in [4.78, 5) is 11.8. The monoisotopic (exact) mass is 240 g/mol. The van der Waals surface area contributed by atoms with Crippen molar-refractivity contribution in [1.82, 2.24) is 5.32 Å². The molecule has 2 atom stereocenters. The molecule has 0 saturated heterocycles. The zero-order valence-electron chi connectivity index (χ0n) is 11.5. The number of carbonyl (C=O) groups is 1. The average molecular weight is 240 g/mol. The van der Waals surface area contributed by atoms with Crippen molar-refractivity contribution >= 4 is 5.91 Å². The molecule has 1 aliphatic carbocycles. The van der Waals surface area contributed by atoms with E-state index in [4.69, 9.17) is 5.73 Å². The van der Waals surface area contributed by atoms with Crippen LogP contribution in [0, 0.1) is 17.8 Å². The van der Waals surface area contributed by atoms with Crippen LogP contribution in [0.4, 0.5) is 0 Å². The maximum atomic E-state index is 11.8. The molecule has 17 heavy (non-hydrogen) atoms. The Bertz CT molecular complexity index is 234. The van der Waals surface area contributed by atoms with E-state index < -0.39 is 0 Å². The minimum absolute atomic E-state index is 0.0259. The van der Waals surface area contributed by atoms with Crippen LogP contribution in [-0.4, -0.2) is 18.5 Å². The summed E-state index contributed by atoms with van der Waals surface area (Å²) < 4.78 is 0. The van der Waals surface area contributed by atoms with E-state index in [0.29, 0.717) is 5.92 Å². The van der Waals surface area contributed by atoms with E-state index in [9.17, 15) is 4.79 Å². The second kappa shape index (κ2) is 7.00. The van der Waals surface area contributed by atoms with Gasteiger partial charge in [0.05, 0.1) is 6.04 Å². The first-order valence-corrected chi connectivity index (χ1v) is 7.07. The lowest BCUT2D eigenvalue weighted by Crippen LogP contribution is -2.46. The van der Waals surface area contributed by atoms with Crippen LogP contribution in [0.5, 0.6) is 0 Å². The smallest absolute Gasteiger partial charge is 0.237 e. The molecule has 1 fully saturated rings. The highest BCUT2D eigenvalue weighted by molar-refractivity contribution is 5.81. The van der Waals surface area contributed by atoms with Crippen molar-refractivity contribution in [2.24, 2.45) is 23.5 Å². The van der Waals surface area contributed by atoms with Gasteiger partial charge in [-0.1, -0.05) is 40.0 Å². The first kappa shape index (κ1) is 14.5. The first-order chi connectivity index (χ1) is 8.04. The molecule has 0 radical (unpaired) electrons. The van der Waals surface area contributed by atoms with Crippen LogP contribution in [0.3, 0.4) is 0 Å². The minimum Gasteiger partial charge on any atom is -0.354 e. The van der Waals surface area contributed by atoms with Crippen LogP contribution in [0.1, 0.15) is 52.9 Å². The number of hydrogen-bond donors (Lipinski definition) is 2. The topological polar surface area (TPSA) is 55.1 Å². The Labute approximate surface area is 106 Å². The fraction of sp³-hybridized carbons (Fsp3) is 0.929. The lowest BCUT2D eigenvalue weighted by molar-refractivity contribution is -0.123. The Morgan fingerprint density at radius 3 is 2.47 bits per heavy atom. The van der Waals surface area contributed by atoms with Crippen molar-refractivity contribution in [2.45, 2.75) is 58.9 Å². The van der Waals surface area contributed by atoms with Gasteiger partial charge in [0.15, 0.2) is 0 Å². The number of nitrogens with two attached hydrogens (primary N) is 1. The lowest BCUT2D eigenvalue weighted by atomic mass is 9.83. The van der Waals surface area contributed by atoms with Crippen LogP contribution < -0.4 is 11.1 Å². The van der Waals surface area contributed by atoms with Crippen LogP contribution in [0.2, 0.25) is 0 Å². The van der Waals surface area contributed by atoms with Crippen molar-refractivity contribution in [3.63, 3.8) is 0 Å². The maximum Gasteiger partial charge on any atom is 0.237 e. The van der Waals surface area contributed by atoms with E-state index >= 15 is 0 Å². The number of rotatable bonds is 5. The average Bonchev–Trinajstić information content (AvgIpc) is 2.35. The summed E-state index contributed by atoms with van der Waals surface area (Å²) in [5, 5.41) is 3.02. The maximum absolute atomic E-state index is 11.8. The Morgan fingerprint density at radius 1 is 1.35 bits per heavy atom. The normalized spacial score (nSPS) is 28.5. The highest BCUT2D eigenvalue weighted by Crippen LogP contribution is 2.27. The molecule has 0 aromatic carbocycles. The summed E-state index contributed by atoms with van der Waals surface area (Å²) in [6, 6.07) is -0.345. The Balaban J connectivity index is 2.23. The number of nitrogens with one attached hydrogen (secondary N) is 1.